The second-order valence-corrected chi connectivity index (χ2v) is 11.2. The first-order valence-electron chi connectivity index (χ1n) is 13.9. The van der Waals surface area contributed by atoms with Gasteiger partial charge in [-0.3, -0.25) is 4.79 Å². The first kappa shape index (κ1) is 25.2. The van der Waals surface area contributed by atoms with E-state index in [-0.39, 0.29) is 23.4 Å². The van der Waals surface area contributed by atoms with E-state index >= 15 is 0 Å². The molecular formula is C31H38F2O3. The Labute approximate surface area is 213 Å². The van der Waals surface area contributed by atoms with Crippen LogP contribution in [0.3, 0.4) is 0 Å². The first-order valence-corrected chi connectivity index (χ1v) is 13.9. The Bertz CT molecular complexity index is 993. The van der Waals surface area contributed by atoms with Crippen LogP contribution >= 0.6 is 0 Å². The van der Waals surface area contributed by atoms with Gasteiger partial charge in [0.2, 0.25) is 0 Å². The Hall–Kier alpha value is -2.43. The maximum absolute atomic E-state index is 14.9. The molecule has 1 saturated heterocycles. The number of hydrogen-bond acceptors (Lipinski definition) is 3. The number of carbonyl (C=O) groups is 1. The van der Waals surface area contributed by atoms with Gasteiger partial charge in [0, 0.05) is 0 Å². The second kappa shape index (κ2) is 10.9. The number of ether oxygens (including phenoxy) is 2. The Morgan fingerprint density at radius 2 is 1.36 bits per heavy atom. The summed E-state index contributed by atoms with van der Waals surface area (Å²) >= 11 is 0. The van der Waals surface area contributed by atoms with Crippen LogP contribution < -0.4 is 4.74 Å². The van der Waals surface area contributed by atoms with Crippen LogP contribution in [0.25, 0.3) is 0 Å². The van der Waals surface area contributed by atoms with Crippen LogP contribution in [-0.2, 0) is 15.6 Å². The average Bonchev–Trinajstić information content (AvgIpc) is 2.88. The van der Waals surface area contributed by atoms with E-state index in [9.17, 15) is 13.6 Å². The lowest BCUT2D eigenvalue weighted by atomic mass is 9.75. The summed E-state index contributed by atoms with van der Waals surface area (Å²) in [4.78, 5) is 11.1. The third kappa shape index (κ3) is 5.76. The fourth-order valence-electron chi connectivity index (χ4n) is 6.57. The molecule has 0 bridgehead atoms. The van der Waals surface area contributed by atoms with Crippen molar-refractivity contribution in [2.24, 2.45) is 11.8 Å². The molecule has 0 N–H and O–H groups in total. The molecule has 3 fully saturated rings. The quantitative estimate of drug-likeness (QED) is 0.344. The van der Waals surface area contributed by atoms with E-state index in [0.29, 0.717) is 24.2 Å². The highest BCUT2D eigenvalue weighted by Crippen LogP contribution is 2.42. The molecule has 36 heavy (non-hydrogen) atoms. The van der Waals surface area contributed by atoms with E-state index in [0.717, 1.165) is 37.2 Å². The minimum absolute atomic E-state index is 0.0894. The van der Waals surface area contributed by atoms with Crippen LogP contribution in [0.1, 0.15) is 106 Å². The smallest absolute Gasteiger partial charge is 0.426 e. The van der Waals surface area contributed by atoms with Crippen molar-refractivity contribution in [3.05, 3.63) is 65.2 Å². The molecule has 1 heterocycles. The highest BCUT2D eigenvalue weighted by Gasteiger charge is 2.38. The molecule has 194 valence electrons. The summed E-state index contributed by atoms with van der Waals surface area (Å²) in [7, 11) is 0. The van der Waals surface area contributed by atoms with Crippen LogP contribution in [0.4, 0.5) is 8.78 Å². The Balaban J connectivity index is 1.14. The second-order valence-electron chi connectivity index (χ2n) is 11.2. The maximum Gasteiger partial charge on any atom is 0.426 e. The number of hydrogen-bond donors (Lipinski definition) is 0. The van der Waals surface area contributed by atoms with E-state index in [1.165, 1.54) is 56.2 Å². The number of esters is 1. The molecular weight excluding hydrogens is 458 g/mol. The van der Waals surface area contributed by atoms with Crippen LogP contribution in [0.2, 0.25) is 0 Å². The predicted molar refractivity (Wildman–Crippen MR) is 136 cm³/mol. The van der Waals surface area contributed by atoms with E-state index in [1.54, 1.807) is 12.1 Å². The van der Waals surface area contributed by atoms with Gasteiger partial charge >= 0.3 is 12.1 Å². The van der Waals surface area contributed by atoms with E-state index < -0.39 is 6.11 Å². The molecule has 1 unspecified atom stereocenters. The molecule has 2 aromatic carbocycles. The normalized spacial score (nSPS) is 28.8. The predicted octanol–water partition coefficient (Wildman–Crippen LogP) is 8.48. The van der Waals surface area contributed by atoms with Crippen molar-refractivity contribution in [2.75, 3.05) is 0 Å². The summed E-state index contributed by atoms with van der Waals surface area (Å²) < 4.78 is 40.3. The summed E-state index contributed by atoms with van der Waals surface area (Å²) in [6, 6.07) is 13.9. The zero-order valence-corrected chi connectivity index (χ0v) is 21.3. The molecule has 3 aliphatic rings. The van der Waals surface area contributed by atoms with E-state index in [2.05, 4.69) is 6.92 Å². The van der Waals surface area contributed by atoms with Gasteiger partial charge in [0.25, 0.3) is 0 Å². The minimum atomic E-state index is -3.38. The SMILES string of the molecule is CCCC1CCC(c2ccc(OC(F)(F)c3ccc(C4CCC(C5CC(=O)O5)CC4)cc3)cc2)CC1. The molecule has 3 nitrogen and oxygen atoms in total. The highest BCUT2D eigenvalue weighted by molar-refractivity contribution is 5.75. The van der Waals surface area contributed by atoms with Crippen molar-refractivity contribution in [1.82, 2.24) is 0 Å². The lowest BCUT2D eigenvalue weighted by molar-refractivity contribution is -0.185. The Kier molecular flexibility index (Phi) is 7.64. The van der Waals surface area contributed by atoms with Gasteiger partial charge in [0.1, 0.15) is 11.9 Å². The lowest BCUT2D eigenvalue weighted by Gasteiger charge is -2.37. The Morgan fingerprint density at radius 3 is 1.89 bits per heavy atom. The van der Waals surface area contributed by atoms with Crippen molar-refractivity contribution >= 4 is 5.97 Å². The van der Waals surface area contributed by atoms with Crippen molar-refractivity contribution < 1.29 is 23.0 Å². The zero-order valence-electron chi connectivity index (χ0n) is 21.3. The summed E-state index contributed by atoms with van der Waals surface area (Å²) in [5.41, 5.74) is 2.20. The topological polar surface area (TPSA) is 35.5 Å². The van der Waals surface area contributed by atoms with Gasteiger partial charge in [-0.25, -0.2) is 0 Å². The molecule has 1 aliphatic heterocycles. The molecule has 5 heteroatoms. The van der Waals surface area contributed by atoms with Gasteiger partial charge in [-0.1, -0.05) is 44.0 Å². The molecule has 0 radical (unpaired) electrons. The largest absolute Gasteiger partial charge is 0.461 e. The fraction of sp³-hybridized carbons (Fsp3) is 0.581. The molecule has 0 amide bonds. The maximum atomic E-state index is 14.9. The summed E-state index contributed by atoms with van der Waals surface area (Å²) in [5.74, 6) is 2.29. The number of benzene rings is 2. The molecule has 5 rings (SSSR count). The Morgan fingerprint density at radius 1 is 0.833 bits per heavy atom. The average molecular weight is 497 g/mol. The van der Waals surface area contributed by atoms with Crippen molar-refractivity contribution in [2.45, 2.75) is 102 Å². The monoisotopic (exact) mass is 496 g/mol. The van der Waals surface area contributed by atoms with Crippen LogP contribution in [0, 0.1) is 11.8 Å². The number of halogens is 2. The number of alkyl halides is 2. The van der Waals surface area contributed by atoms with Gasteiger partial charge in [-0.05, 0) is 110 Å². The van der Waals surface area contributed by atoms with E-state index in [4.69, 9.17) is 9.47 Å². The van der Waals surface area contributed by atoms with E-state index in [1.807, 2.05) is 24.3 Å². The molecule has 0 aromatic heterocycles. The van der Waals surface area contributed by atoms with Gasteiger partial charge in [0.05, 0.1) is 12.0 Å². The third-order valence-electron chi connectivity index (χ3n) is 8.81. The first-order chi connectivity index (χ1) is 17.4. The van der Waals surface area contributed by atoms with Gasteiger partial charge < -0.3 is 9.47 Å². The fourth-order valence-corrected chi connectivity index (χ4v) is 6.57. The van der Waals surface area contributed by atoms with Gasteiger partial charge in [0.15, 0.2) is 0 Å². The minimum Gasteiger partial charge on any atom is -0.461 e. The third-order valence-corrected chi connectivity index (χ3v) is 8.81. The number of carbonyl (C=O) groups excluding carboxylic acids is 1. The molecule has 2 aliphatic carbocycles. The zero-order chi connectivity index (χ0) is 25.1. The summed E-state index contributed by atoms with van der Waals surface area (Å²) in [6.07, 6.45) is 8.73. The van der Waals surface area contributed by atoms with Crippen LogP contribution in [-0.4, -0.2) is 12.1 Å². The molecule has 1 atom stereocenters. The number of cyclic esters (lactones) is 1. The summed E-state index contributed by atoms with van der Waals surface area (Å²) in [6.45, 7) is 2.25. The van der Waals surface area contributed by atoms with Gasteiger partial charge in [-0.15, -0.1) is 0 Å². The standard InChI is InChI=1S/C31H38F2O3/c1-2-3-21-4-6-22(7-5-21)25-14-18-28(19-15-25)36-31(32,33)27-16-12-24(13-17-27)23-8-10-26(11-9-23)29-20-30(34)35-29/h12-19,21-23,26,29H,2-11,20H2,1H3. The molecule has 2 saturated carbocycles. The van der Waals surface area contributed by atoms with Crippen molar-refractivity contribution in [1.29, 1.82) is 0 Å². The van der Waals surface area contributed by atoms with Crippen molar-refractivity contribution in [3.63, 3.8) is 0 Å². The lowest BCUT2D eigenvalue weighted by Crippen LogP contribution is -2.40. The highest BCUT2D eigenvalue weighted by atomic mass is 19.3. The van der Waals surface area contributed by atoms with Crippen LogP contribution in [0.5, 0.6) is 5.75 Å². The molecule has 2 aromatic rings. The van der Waals surface area contributed by atoms with Crippen LogP contribution in [0.15, 0.2) is 48.5 Å². The molecule has 0 spiro atoms. The number of rotatable bonds is 8. The van der Waals surface area contributed by atoms with Crippen molar-refractivity contribution in [3.8, 4) is 5.75 Å². The van der Waals surface area contributed by atoms with Gasteiger partial charge in [-0.2, -0.15) is 8.78 Å². The summed E-state index contributed by atoms with van der Waals surface area (Å²) in [5, 5.41) is 0.